The summed E-state index contributed by atoms with van der Waals surface area (Å²) in [6.45, 7) is 1.68. The van der Waals surface area contributed by atoms with Crippen molar-refractivity contribution in [2.45, 2.75) is 19.1 Å². The van der Waals surface area contributed by atoms with Crippen molar-refractivity contribution in [3.63, 3.8) is 0 Å². The molecule has 1 aromatic carbocycles. The number of hydrogen-bond acceptors (Lipinski definition) is 5. The maximum atomic E-state index is 12.0. The molecule has 0 radical (unpaired) electrons. The van der Waals surface area contributed by atoms with Crippen molar-refractivity contribution in [1.82, 2.24) is 5.16 Å². The lowest BCUT2D eigenvalue weighted by molar-refractivity contribution is -0.136. The largest absolute Gasteiger partial charge is 0.481 e. The number of carboxylic acid groups (broad SMARTS) is 1. The number of carbonyl (C=O) groups is 1. The lowest BCUT2D eigenvalue weighted by Crippen LogP contribution is -2.15. The first-order valence-electron chi connectivity index (χ1n) is 6.07. The normalized spacial score (nSPS) is 11.3. The van der Waals surface area contributed by atoms with Gasteiger partial charge >= 0.3 is 5.97 Å². The van der Waals surface area contributed by atoms with Crippen LogP contribution in [0.3, 0.4) is 0 Å². The van der Waals surface area contributed by atoms with Crippen LogP contribution >= 0.6 is 0 Å². The molecule has 0 spiro atoms. The zero-order chi connectivity index (χ0) is 15.5. The number of aromatic nitrogens is 1. The Morgan fingerprint density at radius 3 is 2.52 bits per heavy atom. The number of sulfonamides is 1. The molecular formula is C13H14N2O5S. The van der Waals surface area contributed by atoms with Gasteiger partial charge in [0.1, 0.15) is 17.2 Å². The maximum Gasteiger partial charge on any atom is 0.307 e. The Morgan fingerprint density at radius 2 is 2.00 bits per heavy atom. The molecule has 7 nitrogen and oxygen atoms in total. The molecule has 0 atom stereocenters. The van der Waals surface area contributed by atoms with Crippen molar-refractivity contribution in [2.75, 3.05) is 4.72 Å². The Hall–Kier alpha value is -2.35. The molecule has 0 amide bonds. The van der Waals surface area contributed by atoms with Gasteiger partial charge in [0, 0.05) is 11.8 Å². The number of aryl methyl sites for hydroxylation is 1. The van der Waals surface area contributed by atoms with E-state index in [0.29, 0.717) is 22.7 Å². The molecule has 1 heterocycles. The van der Waals surface area contributed by atoms with Crippen LogP contribution in [0, 0.1) is 6.92 Å². The number of carboxylic acids is 1. The van der Waals surface area contributed by atoms with Gasteiger partial charge in [-0.1, -0.05) is 17.3 Å². The molecule has 0 fully saturated rings. The standard InChI is InChI=1S/C13H14N2O5S/c1-9-6-12(14-20-9)8-21(18,19)15-11-4-2-10(3-5-11)7-13(16)17/h2-6,15H,7-8H2,1H3,(H,16,17). The average molecular weight is 310 g/mol. The van der Waals surface area contributed by atoms with Crippen molar-refractivity contribution in [3.8, 4) is 0 Å². The van der Waals surface area contributed by atoms with Gasteiger partial charge in [0.25, 0.3) is 0 Å². The van der Waals surface area contributed by atoms with E-state index in [1.165, 1.54) is 12.1 Å². The zero-order valence-electron chi connectivity index (χ0n) is 11.2. The molecule has 0 aliphatic heterocycles. The number of rotatable bonds is 6. The molecule has 2 N–H and O–H groups in total. The Morgan fingerprint density at radius 1 is 1.33 bits per heavy atom. The van der Waals surface area contributed by atoms with Gasteiger partial charge < -0.3 is 9.63 Å². The first-order valence-corrected chi connectivity index (χ1v) is 7.73. The highest BCUT2D eigenvalue weighted by molar-refractivity contribution is 7.91. The molecule has 1 aromatic heterocycles. The van der Waals surface area contributed by atoms with E-state index in [1.54, 1.807) is 25.1 Å². The van der Waals surface area contributed by atoms with Gasteiger partial charge in [-0.15, -0.1) is 0 Å². The summed E-state index contributed by atoms with van der Waals surface area (Å²) in [6, 6.07) is 7.71. The first-order chi connectivity index (χ1) is 9.84. The summed E-state index contributed by atoms with van der Waals surface area (Å²) in [5, 5.41) is 12.3. The first kappa shape index (κ1) is 15.0. The third-order valence-electron chi connectivity index (χ3n) is 2.60. The lowest BCUT2D eigenvalue weighted by atomic mass is 10.1. The fraction of sp³-hybridized carbons (Fsp3) is 0.231. The number of nitrogens with zero attached hydrogens (tertiary/aromatic N) is 1. The van der Waals surface area contributed by atoms with Gasteiger partial charge in [-0.25, -0.2) is 8.42 Å². The maximum absolute atomic E-state index is 12.0. The third kappa shape index (κ3) is 4.60. The minimum absolute atomic E-state index is 0.106. The van der Waals surface area contributed by atoms with E-state index >= 15 is 0 Å². The molecule has 0 bridgehead atoms. The van der Waals surface area contributed by atoms with Crippen LogP contribution in [0.25, 0.3) is 0 Å². The molecule has 21 heavy (non-hydrogen) atoms. The smallest absolute Gasteiger partial charge is 0.307 e. The molecule has 2 rings (SSSR count). The number of hydrogen-bond donors (Lipinski definition) is 2. The lowest BCUT2D eigenvalue weighted by Gasteiger charge is -2.07. The van der Waals surface area contributed by atoms with Crippen LogP contribution < -0.4 is 4.72 Å². The second kappa shape index (κ2) is 5.96. The predicted octanol–water partition coefficient (Wildman–Crippen LogP) is 1.55. The SMILES string of the molecule is Cc1cc(CS(=O)(=O)Nc2ccc(CC(=O)O)cc2)no1. The van der Waals surface area contributed by atoms with Crippen LogP contribution in [0.2, 0.25) is 0 Å². The minimum Gasteiger partial charge on any atom is -0.481 e. The van der Waals surface area contributed by atoms with E-state index in [2.05, 4.69) is 9.88 Å². The van der Waals surface area contributed by atoms with E-state index < -0.39 is 16.0 Å². The summed E-state index contributed by atoms with van der Waals surface area (Å²) in [5.41, 5.74) is 1.28. The molecule has 0 saturated heterocycles. The monoisotopic (exact) mass is 310 g/mol. The fourth-order valence-corrected chi connectivity index (χ4v) is 2.85. The van der Waals surface area contributed by atoms with Gasteiger partial charge in [0.2, 0.25) is 10.0 Å². The zero-order valence-corrected chi connectivity index (χ0v) is 12.1. The van der Waals surface area contributed by atoms with Crippen molar-refractivity contribution < 1.29 is 22.8 Å². The van der Waals surface area contributed by atoms with E-state index in [0.717, 1.165) is 0 Å². The van der Waals surface area contributed by atoms with Crippen molar-refractivity contribution in [3.05, 3.63) is 47.3 Å². The van der Waals surface area contributed by atoms with Crippen LogP contribution in [0.1, 0.15) is 17.0 Å². The van der Waals surface area contributed by atoms with Gasteiger partial charge in [-0.3, -0.25) is 9.52 Å². The van der Waals surface area contributed by atoms with E-state index in [-0.39, 0.29) is 12.2 Å². The molecule has 2 aromatic rings. The Bertz CT molecular complexity index is 734. The van der Waals surface area contributed by atoms with Crippen LogP contribution in [0.5, 0.6) is 0 Å². The number of nitrogens with one attached hydrogen (secondary N) is 1. The third-order valence-corrected chi connectivity index (χ3v) is 3.82. The predicted molar refractivity (Wildman–Crippen MR) is 75.3 cm³/mol. The summed E-state index contributed by atoms with van der Waals surface area (Å²) in [7, 11) is -3.60. The van der Waals surface area contributed by atoms with Crippen LogP contribution in [0.15, 0.2) is 34.9 Å². The number of aliphatic carboxylic acids is 1. The fourth-order valence-electron chi connectivity index (χ4n) is 1.76. The second-order valence-corrected chi connectivity index (χ2v) is 6.28. The second-order valence-electron chi connectivity index (χ2n) is 4.56. The highest BCUT2D eigenvalue weighted by Crippen LogP contribution is 2.14. The highest BCUT2D eigenvalue weighted by atomic mass is 32.2. The summed E-state index contributed by atoms with van der Waals surface area (Å²) in [5.74, 6) is -0.690. The summed E-state index contributed by atoms with van der Waals surface area (Å²) < 4.78 is 31.1. The topological polar surface area (TPSA) is 110 Å². The van der Waals surface area contributed by atoms with Gasteiger partial charge in [-0.2, -0.15) is 0 Å². The summed E-state index contributed by atoms with van der Waals surface area (Å²) >= 11 is 0. The van der Waals surface area contributed by atoms with Crippen molar-refractivity contribution in [1.29, 1.82) is 0 Å². The molecule has 0 aliphatic carbocycles. The molecule has 8 heteroatoms. The highest BCUT2D eigenvalue weighted by Gasteiger charge is 2.14. The van der Waals surface area contributed by atoms with Crippen LogP contribution in [0.4, 0.5) is 5.69 Å². The molecular weight excluding hydrogens is 296 g/mol. The van der Waals surface area contributed by atoms with E-state index in [9.17, 15) is 13.2 Å². The summed E-state index contributed by atoms with van der Waals surface area (Å²) in [6.07, 6.45) is -0.106. The Balaban J connectivity index is 2.04. The van der Waals surface area contributed by atoms with Gasteiger partial charge in [0.15, 0.2) is 0 Å². The van der Waals surface area contributed by atoms with Crippen LogP contribution in [-0.4, -0.2) is 24.7 Å². The molecule has 0 aliphatic rings. The number of anilines is 1. The average Bonchev–Trinajstić information content (AvgIpc) is 2.75. The van der Waals surface area contributed by atoms with Crippen molar-refractivity contribution >= 4 is 21.7 Å². The molecule has 0 unspecified atom stereocenters. The Kier molecular flexibility index (Phi) is 4.27. The van der Waals surface area contributed by atoms with E-state index in [4.69, 9.17) is 9.63 Å². The van der Waals surface area contributed by atoms with Crippen molar-refractivity contribution in [2.24, 2.45) is 0 Å². The van der Waals surface area contributed by atoms with Gasteiger partial charge in [0.05, 0.1) is 6.42 Å². The van der Waals surface area contributed by atoms with E-state index in [1.807, 2.05) is 0 Å². The Labute approximate surface area is 121 Å². The quantitative estimate of drug-likeness (QED) is 0.837. The summed E-state index contributed by atoms with van der Waals surface area (Å²) in [4.78, 5) is 10.6. The minimum atomic E-state index is -3.60. The van der Waals surface area contributed by atoms with Gasteiger partial charge in [-0.05, 0) is 24.6 Å². The van der Waals surface area contributed by atoms with Crippen LogP contribution in [-0.2, 0) is 27.0 Å². The molecule has 0 saturated carbocycles. The molecule has 112 valence electrons. The number of benzene rings is 1.